The Morgan fingerprint density at radius 3 is 2.17 bits per heavy atom. The van der Waals surface area contributed by atoms with Crippen LogP contribution >= 0.6 is 0 Å². The van der Waals surface area contributed by atoms with Crippen LogP contribution in [0.4, 0.5) is 0 Å². The van der Waals surface area contributed by atoms with Crippen molar-refractivity contribution >= 4 is 0 Å². The Kier molecular flexibility index (Phi) is 6.39. The molecule has 0 saturated carbocycles. The second kappa shape index (κ2) is 6.44. The normalized spacial score (nSPS) is 18.8. The van der Waals surface area contributed by atoms with E-state index in [0.717, 1.165) is 12.8 Å². The Balaban J connectivity index is 3.49. The van der Waals surface area contributed by atoms with E-state index in [0.29, 0.717) is 18.6 Å². The zero-order valence-corrected chi connectivity index (χ0v) is 8.84. The summed E-state index contributed by atoms with van der Waals surface area (Å²) >= 11 is 0. The van der Waals surface area contributed by atoms with Crippen LogP contribution in [-0.2, 0) is 4.74 Å². The van der Waals surface area contributed by atoms with Gasteiger partial charge in [-0.2, -0.15) is 0 Å². The summed E-state index contributed by atoms with van der Waals surface area (Å²) in [5.41, 5.74) is 5.91. The first-order valence-electron chi connectivity index (χ1n) is 4.98. The lowest BCUT2D eigenvalue weighted by Crippen LogP contribution is -2.34. The minimum atomic E-state index is 0.198. The molecule has 12 heavy (non-hydrogen) atoms. The molecule has 0 aliphatic heterocycles. The first-order chi connectivity index (χ1) is 5.61. The molecule has 0 aromatic carbocycles. The summed E-state index contributed by atoms with van der Waals surface area (Å²) < 4.78 is 5.55. The lowest BCUT2D eigenvalue weighted by molar-refractivity contribution is 0.0451. The Morgan fingerprint density at radius 2 is 1.75 bits per heavy atom. The molecule has 0 radical (unpaired) electrons. The number of hydrogen-bond acceptors (Lipinski definition) is 2. The molecular formula is C10H23NO. The summed E-state index contributed by atoms with van der Waals surface area (Å²) in [5.74, 6) is 0.564. The molecule has 0 rings (SSSR count). The smallest absolute Gasteiger partial charge is 0.0623 e. The number of nitrogens with two attached hydrogens (primary N) is 1. The van der Waals surface area contributed by atoms with Gasteiger partial charge in [0.05, 0.1) is 12.7 Å². The van der Waals surface area contributed by atoms with E-state index >= 15 is 0 Å². The van der Waals surface area contributed by atoms with Crippen molar-refractivity contribution in [3.63, 3.8) is 0 Å². The summed E-state index contributed by atoms with van der Waals surface area (Å²) in [6.07, 6.45) is 2.54. The first-order valence-corrected chi connectivity index (χ1v) is 4.98. The standard InChI is InChI=1S/C10H23NO/c1-5-8(3)10(11)7-12-9(4)6-2/h8-10H,5-7,11H2,1-4H3. The highest BCUT2D eigenvalue weighted by Gasteiger charge is 2.11. The highest BCUT2D eigenvalue weighted by molar-refractivity contribution is 4.67. The summed E-state index contributed by atoms with van der Waals surface area (Å²) in [4.78, 5) is 0. The van der Waals surface area contributed by atoms with Crippen LogP contribution in [0.3, 0.4) is 0 Å². The Labute approximate surface area is 76.5 Å². The fourth-order valence-corrected chi connectivity index (χ4v) is 0.860. The van der Waals surface area contributed by atoms with Gasteiger partial charge >= 0.3 is 0 Å². The first kappa shape index (κ1) is 11.9. The van der Waals surface area contributed by atoms with Gasteiger partial charge in [-0.05, 0) is 19.3 Å². The molecule has 2 N–H and O–H groups in total. The van der Waals surface area contributed by atoms with Crippen LogP contribution in [0.2, 0.25) is 0 Å². The number of hydrogen-bond donors (Lipinski definition) is 1. The van der Waals surface area contributed by atoms with Gasteiger partial charge in [0, 0.05) is 6.04 Å². The quantitative estimate of drug-likeness (QED) is 0.668. The molecule has 0 spiro atoms. The molecule has 2 heteroatoms. The lowest BCUT2D eigenvalue weighted by Gasteiger charge is -2.20. The summed E-state index contributed by atoms with van der Waals surface area (Å²) in [5, 5.41) is 0. The Hall–Kier alpha value is -0.0800. The average molecular weight is 173 g/mol. The lowest BCUT2D eigenvalue weighted by atomic mass is 10.0. The van der Waals surface area contributed by atoms with Crippen LogP contribution in [-0.4, -0.2) is 18.8 Å². The van der Waals surface area contributed by atoms with E-state index in [1.165, 1.54) is 0 Å². The predicted octanol–water partition coefficient (Wildman–Crippen LogP) is 2.17. The third-order valence-corrected chi connectivity index (χ3v) is 2.52. The van der Waals surface area contributed by atoms with Crippen LogP contribution in [0.5, 0.6) is 0 Å². The van der Waals surface area contributed by atoms with Crippen LogP contribution < -0.4 is 5.73 Å². The largest absolute Gasteiger partial charge is 0.377 e. The highest BCUT2D eigenvalue weighted by atomic mass is 16.5. The summed E-state index contributed by atoms with van der Waals surface area (Å²) in [6.45, 7) is 9.24. The predicted molar refractivity (Wildman–Crippen MR) is 53.1 cm³/mol. The minimum absolute atomic E-state index is 0.198. The molecule has 0 aromatic rings. The van der Waals surface area contributed by atoms with Crippen molar-refractivity contribution in [2.45, 2.75) is 52.7 Å². The molecule has 0 amide bonds. The maximum atomic E-state index is 5.91. The molecule has 0 saturated heterocycles. The maximum Gasteiger partial charge on any atom is 0.0623 e. The van der Waals surface area contributed by atoms with Crippen LogP contribution in [0, 0.1) is 5.92 Å². The van der Waals surface area contributed by atoms with E-state index < -0.39 is 0 Å². The van der Waals surface area contributed by atoms with Crippen LogP contribution in [0.15, 0.2) is 0 Å². The van der Waals surface area contributed by atoms with Crippen molar-refractivity contribution in [3.05, 3.63) is 0 Å². The van der Waals surface area contributed by atoms with Gasteiger partial charge in [0.2, 0.25) is 0 Å². The zero-order valence-electron chi connectivity index (χ0n) is 8.84. The topological polar surface area (TPSA) is 35.2 Å². The molecule has 3 unspecified atom stereocenters. The fourth-order valence-electron chi connectivity index (χ4n) is 0.860. The fraction of sp³-hybridized carbons (Fsp3) is 1.00. The maximum absolute atomic E-state index is 5.91. The van der Waals surface area contributed by atoms with Gasteiger partial charge in [0.1, 0.15) is 0 Å². The van der Waals surface area contributed by atoms with Gasteiger partial charge in [0.25, 0.3) is 0 Å². The third kappa shape index (κ3) is 4.73. The summed E-state index contributed by atoms with van der Waals surface area (Å²) in [7, 11) is 0. The van der Waals surface area contributed by atoms with Crippen molar-refractivity contribution < 1.29 is 4.74 Å². The van der Waals surface area contributed by atoms with E-state index in [1.807, 2.05) is 0 Å². The van der Waals surface area contributed by atoms with E-state index in [-0.39, 0.29) is 6.04 Å². The second-order valence-corrected chi connectivity index (χ2v) is 3.60. The van der Waals surface area contributed by atoms with Crippen LogP contribution in [0.25, 0.3) is 0 Å². The Morgan fingerprint density at radius 1 is 1.17 bits per heavy atom. The molecule has 3 atom stereocenters. The Bertz CT molecular complexity index is 106. The zero-order chi connectivity index (χ0) is 9.56. The molecule has 0 bridgehead atoms. The van der Waals surface area contributed by atoms with E-state index in [2.05, 4.69) is 27.7 Å². The van der Waals surface area contributed by atoms with Gasteiger partial charge in [-0.3, -0.25) is 0 Å². The second-order valence-electron chi connectivity index (χ2n) is 3.60. The molecule has 2 nitrogen and oxygen atoms in total. The highest BCUT2D eigenvalue weighted by Crippen LogP contribution is 2.07. The van der Waals surface area contributed by atoms with Crippen molar-refractivity contribution in [1.29, 1.82) is 0 Å². The molecule has 0 aromatic heterocycles. The molecule has 74 valence electrons. The average Bonchev–Trinajstić information content (AvgIpc) is 2.11. The molecule has 0 aliphatic carbocycles. The molecule has 0 fully saturated rings. The van der Waals surface area contributed by atoms with Gasteiger partial charge in [-0.1, -0.05) is 27.2 Å². The van der Waals surface area contributed by atoms with Crippen LogP contribution in [0.1, 0.15) is 40.5 Å². The van der Waals surface area contributed by atoms with E-state index in [1.54, 1.807) is 0 Å². The van der Waals surface area contributed by atoms with Crippen molar-refractivity contribution in [2.75, 3.05) is 6.61 Å². The van der Waals surface area contributed by atoms with Gasteiger partial charge in [0.15, 0.2) is 0 Å². The number of rotatable bonds is 6. The summed E-state index contributed by atoms with van der Waals surface area (Å²) in [6, 6.07) is 0.198. The van der Waals surface area contributed by atoms with E-state index in [9.17, 15) is 0 Å². The van der Waals surface area contributed by atoms with Gasteiger partial charge in [-0.25, -0.2) is 0 Å². The molecular weight excluding hydrogens is 150 g/mol. The monoisotopic (exact) mass is 173 g/mol. The van der Waals surface area contributed by atoms with Crippen molar-refractivity contribution in [2.24, 2.45) is 11.7 Å². The van der Waals surface area contributed by atoms with Gasteiger partial charge in [-0.15, -0.1) is 0 Å². The minimum Gasteiger partial charge on any atom is -0.377 e. The van der Waals surface area contributed by atoms with Gasteiger partial charge < -0.3 is 10.5 Å². The molecule has 0 heterocycles. The number of ether oxygens (including phenoxy) is 1. The van der Waals surface area contributed by atoms with Crippen molar-refractivity contribution in [3.8, 4) is 0 Å². The van der Waals surface area contributed by atoms with Crippen molar-refractivity contribution in [1.82, 2.24) is 0 Å². The SMILES string of the molecule is CCC(C)OCC(N)C(C)CC. The third-order valence-electron chi connectivity index (χ3n) is 2.52. The molecule has 0 aliphatic rings. The van der Waals surface area contributed by atoms with E-state index in [4.69, 9.17) is 10.5 Å².